The summed E-state index contributed by atoms with van der Waals surface area (Å²) in [5, 5.41) is 0. The number of esters is 1. The minimum atomic E-state index is 0.0302. The summed E-state index contributed by atoms with van der Waals surface area (Å²) in [7, 11) is 0. The molecule has 0 aromatic heterocycles. The molecule has 1 heterocycles. The molecular formula is C15H22O2. The monoisotopic (exact) mass is 234 g/mol. The van der Waals surface area contributed by atoms with Gasteiger partial charge in [0.05, 0.1) is 5.92 Å². The first-order valence-corrected chi connectivity index (χ1v) is 6.90. The molecule has 3 aliphatic rings. The Morgan fingerprint density at radius 1 is 1.41 bits per heavy atom. The summed E-state index contributed by atoms with van der Waals surface area (Å²) in [6.45, 7) is 6.65. The molecule has 3 rings (SSSR count). The van der Waals surface area contributed by atoms with E-state index in [4.69, 9.17) is 4.74 Å². The van der Waals surface area contributed by atoms with E-state index < -0.39 is 0 Å². The van der Waals surface area contributed by atoms with Gasteiger partial charge in [0.25, 0.3) is 0 Å². The van der Waals surface area contributed by atoms with E-state index >= 15 is 0 Å². The van der Waals surface area contributed by atoms with Crippen LogP contribution in [0.3, 0.4) is 0 Å². The summed E-state index contributed by atoms with van der Waals surface area (Å²) in [5.74, 6) is 1.08. The minimum Gasteiger partial charge on any atom is -0.461 e. The van der Waals surface area contributed by atoms with Crippen molar-refractivity contribution in [2.75, 3.05) is 0 Å². The fraction of sp³-hybridized carbons (Fsp3) is 0.800. The van der Waals surface area contributed by atoms with Crippen LogP contribution in [-0.2, 0) is 9.53 Å². The van der Waals surface area contributed by atoms with Crippen LogP contribution in [0.15, 0.2) is 11.6 Å². The third kappa shape index (κ3) is 1.49. The zero-order valence-electron chi connectivity index (χ0n) is 11.0. The normalized spacial score (nSPS) is 49.1. The molecule has 0 bridgehead atoms. The molecule has 0 aromatic carbocycles. The van der Waals surface area contributed by atoms with Crippen LogP contribution in [0.4, 0.5) is 0 Å². The summed E-state index contributed by atoms with van der Waals surface area (Å²) in [5.41, 5.74) is 1.82. The SMILES string of the molecule is CC1=CCC[C@]2(C)CC[C@@H]3[C@H](OC(=O)[C@H]3C)[C@@H]12. The van der Waals surface area contributed by atoms with Gasteiger partial charge in [-0.2, -0.15) is 0 Å². The van der Waals surface area contributed by atoms with Gasteiger partial charge < -0.3 is 4.74 Å². The van der Waals surface area contributed by atoms with Crippen LogP contribution in [0, 0.1) is 23.2 Å². The quantitative estimate of drug-likeness (QED) is 0.475. The fourth-order valence-electron chi connectivity index (χ4n) is 4.41. The van der Waals surface area contributed by atoms with E-state index in [2.05, 4.69) is 19.9 Å². The zero-order chi connectivity index (χ0) is 12.2. The van der Waals surface area contributed by atoms with Crippen LogP contribution in [0.2, 0.25) is 0 Å². The average molecular weight is 234 g/mol. The molecule has 1 saturated heterocycles. The van der Waals surface area contributed by atoms with Crippen molar-refractivity contribution in [2.24, 2.45) is 23.2 Å². The highest BCUT2D eigenvalue weighted by molar-refractivity contribution is 5.75. The first-order chi connectivity index (χ1) is 8.03. The van der Waals surface area contributed by atoms with E-state index in [0.717, 1.165) is 6.42 Å². The van der Waals surface area contributed by atoms with Crippen LogP contribution in [-0.4, -0.2) is 12.1 Å². The molecule has 1 saturated carbocycles. The van der Waals surface area contributed by atoms with E-state index in [1.807, 2.05) is 6.92 Å². The maximum Gasteiger partial charge on any atom is 0.309 e. The van der Waals surface area contributed by atoms with Gasteiger partial charge in [-0.25, -0.2) is 0 Å². The summed E-state index contributed by atoms with van der Waals surface area (Å²) in [4.78, 5) is 11.8. The average Bonchev–Trinajstić information content (AvgIpc) is 2.54. The minimum absolute atomic E-state index is 0.0302. The van der Waals surface area contributed by atoms with Crippen LogP contribution in [0.1, 0.15) is 46.5 Å². The largest absolute Gasteiger partial charge is 0.461 e. The second-order valence-corrected chi connectivity index (χ2v) is 6.51. The Morgan fingerprint density at radius 3 is 2.94 bits per heavy atom. The van der Waals surface area contributed by atoms with E-state index in [0.29, 0.717) is 17.3 Å². The fourth-order valence-corrected chi connectivity index (χ4v) is 4.41. The predicted octanol–water partition coefficient (Wildman–Crippen LogP) is 3.32. The summed E-state index contributed by atoms with van der Waals surface area (Å²) < 4.78 is 5.70. The van der Waals surface area contributed by atoms with Gasteiger partial charge in [-0.05, 0) is 38.0 Å². The van der Waals surface area contributed by atoms with Gasteiger partial charge in [-0.3, -0.25) is 4.79 Å². The second kappa shape index (κ2) is 3.60. The lowest BCUT2D eigenvalue weighted by Gasteiger charge is -2.49. The lowest BCUT2D eigenvalue weighted by atomic mass is 9.56. The molecule has 2 nitrogen and oxygen atoms in total. The van der Waals surface area contributed by atoms with Crippen molar-refractivity contribution >= 4 is 5.97 Å². The van der Waals surface area contributed by atoms with Gasteiger partial charge in [0.15, 0.2) is 0 Å². The van der Waals surface area contributed by atoms with Crippen molar-refractivity contribution < 1.29 is 9.53 Å². The number of rotatable bonds is 0. The molecule has 0 unspecified atom stereocenters. The number of hydrogen-bond donors (Lipinski definition) is 0. The maximum absolute atomic E-state index is 11.8. The number of hydrogen-bond acceptors (Lipinski definition) is 2. The third-order valence-corrected chi connectivity index (χ3v) is 5.49. The van der Waals surface area contributed by atoms with Gasteiger partial charge in [-0.1, -0.05) is 25.5 Å². The van der Waals surface area contributed by atoms with Crippen LogP contribution in [0.5, 0.6) is 0 Å². The topological polar surface area (TPSA) is 26.3 Å². The highest BCUT2D eigenvalue weighted by Gasteiger charge is 2.55. The Balaban J connectivity index is 1.98. The molecule has 0 radical (unpaired) electrons. The molecule has 5 atom stereocenters. The molecule has 2 heteroatoms. The molecule has 0 spiro atoms. The van der Waals surface area contributed by atoms with Crippen molar-refractivity contribution in [1.29, 1.82) is 0 Å². The maximum atomic E-state index is 11.8. The Labute approximate surface area is 103 Å². The number of carbonyl (C=O) groups excluding carboxylic acids is 1. The Bertz CT molecular complexity index is 384. The van der Waals surface area contributed by atoms with Crippen molar-refractivity contribution in [2.45, 2.75) is 52.6 Å². The smallest absolute Gasteiger partial charge is 0.309 e. The molecule has 1 aliphatic heterocycles. The number of fused-ring (bicyclic) bond motifs is 3. The lowest BCUT2D eigenvalue weighted by Crippen LogP contribution is -2.46. The standard InChI is InChI=1S/C15H22O2/c1-9-5-4-7-15(3)8-6-11-10(2)14(16)17-13(11)12(9)15/h5,10-13H,4,6-8H2,1-3H3/t10-,11-,12+,13-,15+/m0/s1. The molecule has 2 fully saturated rings. The van der Waals surface area contributed by atoms with Crippen molar-refractivity contribution in [3.05, 3.63) is 11.6 Å². The van der Waals surface area contributed by atoms with Gasteiger partial charge in [0, 0.05) is 11.8 Å². The zero-order valence-corrected chi connectivity index (χ0v) is 11.0. The third-order valence-electron chi connectivity index (χ3n) is 5.49. The molecule has 17 heavy (non-hydrogen) atoms. The Hall–Kier alpha value is -0.790. The van der Waals surface area contributed by atoms with Gasteiger partial charge in [0.2, 0.25) is 0 Å². The van der Waals surface area contributed by atoms with Crippen LogP contribution >= 0.6 is 0 Å². The molecule has 0 aromatic rings. The van der Waals surface area contributed by atoms with E-state index in [9.17, 15) is 4.79 Å². The van der Waals surface area contributed by atoms with E-state index in [1.54, 1.807) is 0 Å². The molecular weight excluding hydrogens is 212 g/mol. The highest BCUT2D eigenvalue weighted by Crippen LogP contribution is 2.56. The molecule has 94 valence electrons. The van der Waals surface area contributed by atoms with Gasteiger partial charge in [-0.15, -0.1) is 0 Å². The van der Waals surface area contributed by atoms with Crippen LogP contribution in [0.25, 0.3) is 0 Å². The van der Waals surface area contributed by atoms with E-state index in [-0.39, 0.29) is 18.0 Å². The first-order valence-electron chi connectivity index (χ1n) is 6.90. The van der Waals surface area contributed by atoms with Crippen molar-refractivity contribution in [3.8, 4) is 0 Å². The molecule has 0 N–H and O–H groups in total. The Kier molecular flexibility index (Phi) is 2.39. The lowest BCUT2D eigenvalue weighted by molar-refractivity contribution is -0.147. The van der Waals surface area contributed by atoms with Gasteiger partial charge in [0.1, 0.15) is 6.10 Å². The van der Waals surface area contributed by atoms with Crippen molar-refractivity contribution in [1.82, 2.24) is 0 Å². The van der Waals surface area contributed by atoms with E-state index in [1.165, 1.54) is 24.8 Å². The summed E-state index contributed by atoms with van der Waals surface area (Å²) in [6.07, 6.45) is 7.38. The van der Waals surface area contributed by atoms with Gasteiger partial charge >= 0.3 is 5.97 Å². The number of carbonyl (C=O) groups is 1. The van der Waals surface area contributed by atoms with Crippen molar-refractivity contribution in [3.63, 3.8) is 0 Å². The predicted molar refractivity (Wildman–Crippen MR) is 66.4 cm³/mol. The number of allylic oxidation sites excluding steroid dienone is 1. The number of ether oxygens (including phenoxy) is 1. The first kappa shape index (κ1) is 11.3. The van der Waals surface area contributed by atoms with Crippen LogP contribution < -0.4 is 0 Å². The Morgan fingerprint density at radius 2 is 2.18 bits per heavy atom. The molecule has 2 aliphatic carbocycles. The molecule has 0 amide bonds. The second-order valence-electron chi connectivity index (χ2n) is 6.51. The summed E-state index contributed by atoms with van der Waals surface area (Å²) >= 11 is 0. The summed E-state index contributed by atoms with van der Waals surface area (Å²) in [6, 6.07) is 0. The highest BCUT2D eigenvalue weighted by atomic mass is 16.6.